The molecular weight excluding hydrogens is 574 g/mol. The highest BCUT2D eigenvalue weighted by molar-refractivity contribution is 7.89. The Balaban J connectivity index is 1.42. The van der Waals surface area contributed by atoms with E-state index >= 15 is 0 Å². The lowest BCUT2D eigenvalue weighted by atomic mass is 10.1. The number of fused-ring (bicyclic) bond motifs is 2. The highest BCUT2D eigenvalue weighted by atomic mass is 35.5. The van der Waals surface area contributed by atoms with Gasteiger partial charge in [-0.2, -0.15) is 4.31 Å². The monoisotopic (exact) mass is 605 g/mol. The topological polar surface area (TPSA) is 112 Å². The number of nitrogens with one attached hydrogen (secondary N) is 1. The molecule has 0 radical (unpaired) electrons. The van der Waals surface area contributed by atoms with E-state index in [2.05, 4.69) is 15.4 Å². The third-order valence-corrected chi connectivity index (χ3v) is 10.0. The first kappa shape index (κ1) is 28.9. The summed E-state index contributed by atoms with van der Waals surface area (Å²) in [5.41, 5.74) is 2.66. The zero-order valence-electron chi connectivity index (χ0n) is 22.8. The molecule has 2 aromatic carbocycles. The van der Waals surface area contributed by atoms with Gasteiger partial charge in [0.1, 0.15) is 6.04 Å². The van der Waals surface area contributed by atoms with Gasteiger partial charge >= 0.3 is 0 Å². The highest BCUT2D eigenvalue weighted by Gasteiger charge is 2.41. The van der Waals surface area contributed by atoms with E-state index in [0.717, 1.165) is 34.3 Å². The van der Waals surface area contributed by atoms with E-state index in [-0.39, 0.29) is 24.5 Å². The number of carbonyl (C=O) groups excluding carboxylic acids is 2. The van der Waals surface area contributed by atoms with Crippen LogP contribution in [0.3, 0.4) is 0 Å². The summed E-state index contributed by atoms with van der Waals surface area (Å²) in [6.45, 7) is 6.74. The first-order valence-electron chi connectivity index (χ1n) is 13.0. The molecule has 214 valence electrons. The van der Waals surface area contributed by atoms with Crippen LogP contribution in [0.4, 0.5) is 0 Å². The van der Waals surface area contributed by atoms with E-state index in [1.54, 1.807) is 51.1 Å². The highest BCUT2D eigenvalue weighted by Crippen LogP contribution is 2.29. The molecule has 2 amide bonds. The molecule has 3 heterocycles. The average Bonchev–Trinajstić information content (AvgIpc) is 3.33. The van der Waals surface area contributed by atoms with Gasteiger partial charge < -0.3 is 9.80 Å². The number of piperazine rings is 1. The van der Waals surface area contributed by atoms with Gasteiger partial charge in [-0.3, -0.25) is 14.4 Å². The molecule has 0 spiro atoms. The summed E-state index contributed by atoms with van der Waals surface area (Å²) in [5.74, 6) is -0.991. The lowest BCUT2D eigenvalue weighted by Gasteiger charge is -2.39. The number of aromatic nitrogens is 1. The molecule has 1 N–H and O–H groups in total. The maximum absolute atomic E-state index is 13.7. The molecule has 2 aliphatic rings. The lowest BCUT2D eigenvalue weighted by Crippen LogP contribution is -2.61. The molecule has 1 fully saturated rings. The van der Waals surface area contributed by atoms with E-state index in [4.69, 9.17) is 16.4 Å². The van der Waals surface area contributed by atoms with Gasteiger partial charge in [-0.25, -0.2) is 18.9 Å². The van der Waals surface area contributed by atoms with Crippen molar-refractivity contribution < 1.29 is 22.8 Å². The number of thiazole rings is 1. The van der Waals surface area contributed by atoms with Gasteiger partial charge in [-0.15, -0.1) is 11.3 Å². The van der Waals surface area contributed by atoms with Crippen LogP contribution < -0.4 is 5.48 Å². The second-order valence-corrected chi connectivity index (χ2v) is 14.5. The number of benzene rings is 2. The van der Waals surface area contributed by atoms with E-state index < -0.39 is 33.5 Å². The van der Waals surface area contributed by atoms with Crippen molar-refractivity contribution in [1.29, 1.82) is 0 Å². The average molecular weight is 606 g/mol. The molecule has 0 aliphatic carbocycles. The molecule has 5 rings (SSSR count). The van der Waals surface area contributed by atoms with Gasteiger partial charge in [0.05, 0.1) is 16.2 Å². The number of likely N-dealkylation sites (N-methyl/N-ethyl adjacent to an activating group) is 1. The Hall–Kier alpha value is -2.61. The second-order valence-electron chi connectivity index (χ2n) is 11.1. The van der Waals surface area contributed by atoms with Crippen molar-refractivity contribution in [3.63, 3.8) is 0 Å². The number of hydrogen-bond donors (Lipinski definition) is 1. The predicted molar refractivity (Wildman–Crippen MR) is 154 cm³/mol. The van der Waals surface area contributed by atoms with Crippen molar-refractivity contribution in [2.24, 2.45) is 0 Å². The Kier molecular flexibility index (Phi) is 7.94. The third kappa shape index (κ3) is 6.02. The number of halogens is 1. The Morgan fingerprint density at radius 1 is 1.10 bits per heavy atom. The van der Waals surface area contributed by atoms with Gasteiger partial charge in [0.2, 0.25) is 10.0 Å². The van der Waals surface area contributed by atoms with Gasteiger partial charge in [-0.1, -0.05) is 23.7 Å². The van der Waals surface area contributed by atoms with Crippen LogP contribution in [0.2, 0.25) is 5.02 Å². The van der Waals surface area contributed by atoms with E-state index in [1.165, 1.54) is 26.6 Å². The SMILES string of the molecule is CN1CCc2nc(C(=O)N3CCN(S(=O)(=O)c4ccc5cc(Cl)ccc5c4)CC3C(=O)NOC(C)(C)C)sc2C1. The number of amides is 2. The number of hydroxylamine groups is 1. The molecule has 10 nitrogen and oxygen atoms in total. The number of rotatable bonds is 5. The zero-order valence-corrected chi connectivity index (χ0v) is 25.2. The smallest absolute Gasteiger partial charge is 0.283 e. The van der Waals surface area contributed by atoms with Gasteiger partial charge in [0.25, 0.3) is 11.8 Å². The van der Waals surface area contributed by atoms with Crippen LogP contribution in [-0.4, -0.2) is 84.2 Å². The maximum atomic E-state index is 13.7. The normalized spacial score (nSPS) is 19.0. The van der Waals surface area contributed by atoms with Crippen LogP contribution in [0.15, 0.2) is 41.3 Å². The van der Waals surface area contributed by atoms with Crippen LogP contribution in [0.5, 0.6) is 0 Å². The van der Waals surface area contributed by atoms with Crippen molar-refractivity contribution in [2.45, 2.75) is 50.3 Å². The number of hydrogen-bond acceptors (Lipinski definition) is 8. The van der Waals surface area contributed by atoms with Crippen LogP contribution in [-0.2, 0) is 32.6 Å². The van der Waals surface area contributed by atoms with E-state index in [1.807, 2.05) is 7.05 Å². The molecule has 2 aliphatic heterocycles. The van der Waals surface area contributed by atoms with Crippen LogP contribution >= 0.6 is 22.9 Å². The molecule has 13 heteroatoms. The predicted octanol–water partition coefficient (Wildman–Crippen LogP) is 3.30. The molecular formula is C27H32ClN5O5S2. The number of nitrogens with zero attached hydrogens (tertiary/aromatic N) is 4. The minimum absolute atomic E-state index is 0.0268. The maximum Gasteiger partial charge on any atom is 0.283 e. The molecule has 1 unspecified atom stereocenters. The lowest BCUT2D eigenvalue weighted by molar-refractivity contribution is -0.151. The first-order valence-corrected chi connectivity index (χ1v) is 15.6. The van der Waals surface area contributed by atoms with Gasteiger partial charge in [0, 0.05) is 49.0 Å². The molecule has 40 heavy (non-hydrogen) atoms. The zero-order chi connectivity index (χ0) is 28.8. The van der Waals surface area contributed by atoms with E-state index in [9.17, 15) is 18.0 Å². The summed E-state index contributed by atoms with van der Waals surface area (Å²) >= 11 is 7.41. The minimum atomic E-state index is -3.97. The Bertz CT molecular complexity index is 1570. The Labute approximate surface area is 242 Å². The molecule has 0 bridgehead atoms. The largest absolute Gasteiger partial charge is 0.322 e. The molecule has 1 atom stereocenters. The van der Waals surface area contributed by atoms with Crippen LogP contribution in [0, 0.1) is 0 Å². The summed E-state index contributed by atoms with van der Waals surface area (Å²) in [6.07, 6.45) is 0.753. The number of sulfonamides is 1. The molecule has 0 saturated carbocycles. The minimum Gasteiger partial charge on any atom is -0.322 e. The standard InChI is InChI=1S/C27H32ClN5O5S2/c1-27(2,3)38-30-24(34)22-15-32(40(36,37)20-8-6-17-13-19(28)7-5-18(17)14-20)11-12-33(22)26(35)25-29-21-9-10-31(4)16-23(21)39-25/h5-8,13-14,22H,9-12,15-16H2,1-4H3,(H,30,34). The van der Waals surface area contributed by atoms with E-state index in [0.29, 0.717) is 16.6 Å². The summed E-state index contributed by atoms with van der Waals surface area (Å²) in [5, 5.41) is 2.41. The first-order chi connectivity index (χ1) is 18.8. The van der Waals surface area contributed by atoms with Crippen molar-refractivity contribution in [3.05, 3.63) is 57.0 Å². The van der Waals surface area contributed by atoms with Crippen LogP contribution in [0.25, 0.3) is 10.8 Å². The van der Waals surface area contributed by atoms with Gasteiger partial charge in [0.15, 0.2) is 5.01 Å². The molecule has 3 aromatic rings. The Morgan fingerprint density at radius 3 is 2.58 bits per heavy atom. The fraction of sp³-hybridized carbons (Fsp3) is 0.444. The van der Waals surface area contributed by atoms with Crippen molar-refractivity contribution in [2.75, 3.05) is 33.2 Å². The summed E-state index contributed by atoms with van der Waals surface area (Å²) in [4.78, 5) is 41.8. The fourth-order valence-electron chi connectivity index (χ4n) is 4.76. The number of carbonyl (C=O) groups is 2. The van der Waals surface area contributed by atoms with Crippen LogP contribution in [0.1, 0.15) is 41.1 Å². The quantitative estimate of drug-likeness (QED) is 0.444. The summed E-state index contributed by atoms with van der Waals surface area (Å²) in [6, 6.07) is 8.95. The Morgan fingerprint density at radius 2 is 1.82 bits per heavy atom. The molecule has 1 aromatic heterocycles. The fourth-order valence-corrected chi connectivity index (χ4v) is 7.56. The van der Waals surface area contributed by atoms with Crippen molar-refractivity contribution >= 4 is 55.5 Å². The van der Waals surface area contributed by atoms with Crippen molar-refractivity contribution in [3.8, 4) is 0 Å². The van der Waals surface area contributed by atoms with Crippen molar-refractivity contribution in [1.82, 2.24) is 24.6 Å². The molecule has 1 saturated heterocycles. The third-order valence-electron chi connectivity index (χ3n) is 6.88. The summed E-state index contributed by atoms with van der Waals surface area (Å²) < 4.78 is 28.7. The summed E-state index contributed by atoms with van der Waals surface area (Å²) in [7, 11) is -1.95. The second kappa shape index (κ2) is 11.0. The van der Waals surface area contributed by atoms with Gasteiger partial charge in [-0.05, 0) is 62.9 Å².